The molecule has 1 saturated heterocycles. The number of tetrazole rings is 1. The summed E-state index contributed by atoms with van der Waals surface area (Å²) < 4.78 is 3.09. The lowest BCUT2D eigenvalue weighted by Gasteiger charge is -2.22. The number of aromatic nitrogens is 6. The van der Waals surface area contributed by atoms with Gasteiger partial charge in [0.25, 0.3) is 5.91 Å². The Bertz CT molecular complexity index is 1180. The van der Waals surface area contributed by atoms with Crippen LogP contribution in [-0.4, -0.2) is 59.3 Å². The molecular formula is C19H21N9O3. The van der Waals surface area contributed by atoms with Gasteiger partial charge in [0.2, 0.25) is 5.91 Å². The lowest BCUT2D eigenvalue weighted by atomic mass is 9.91. The van der Waals surface area contributed by atoms with E-state index in [-0.39, 0.29) is 0 Å². The Kier molecular flexibility index (Phi) is 4.76. The summed E-state index contributed by atoms with van der Waals surface area (Å²) in [6.07, 6.45) is 1.43. The molecule has 0 saturated carbocycles. The molecular weight excluding hydrogens is 402 g/mol. The average molecular weight is 423 g/mol. The summed E-state index contributed by atoms with van der Waals surface area (Å²) in [5.74, 6) is -1.02. The van der Waals surface area contributed by atoms with Crippen LogP contribution >= 0.6 is 0 Å². The minimum absolute atomic E-state index is 0.416. The number of benzene rings is 1. The second kappa shape index (κ2) is 7.31. The maximum atomic E-state index is 13.2. The molecule has 4 rings (SSSR count). The highest BCUT2D eigenvalue weighted by Gasteiger charge is 2.49. The SMILES string of the molecule is Cc1nn(C)c(C)c1NC(=O)CN1C(=O)N[C@](C)(c2cccc(-n3cnnn3)c2)C1=O. The molecule has 0 radical (unpaired) electrons. The van der Waals surface area contributed by atoms with Crippen LogP contribution in [0, 0.1) is 13.8 Å². The van der Waals surface area contributed by atoms with Gasteiger partial charge in [0.15, 0.2) is 0 Å². The molecule has 31 heavy (non-hydrogen) atoms. The van der Waals surface area contributed by atoms with E-state index >= 15 is 0 Å². The van der Waals surface area contributed by atoms with E-state index in [1.54, 1.807) is 49.8 Å². The molecule has 0 bridgehead atoms. The van der Waals surface area contributed by atoms with Crippen molar-refractivity contribution in [2.45, 2.75) is 26.3 Å². The monoisotopic (exact) mass is 423 g/mol. The number of hydrogen-bond donors (Lipinski definition) is 2. The highest BCUT2D eigenvalue weighted by molar-refractivity contribution is 6.10. The highest BCUT2D eigenvalue weighted by atomic mass is 16.2. The number of hydrogen-bond acceptors (Lipinski definition) is 7. The van der Waals surface area contributed by atoms with Gasteiger partial charge in [-0.1, -0.05) is 12.1 Å². The molecule has 0 aliphatic carbocycles. The van der Waals surface area contributed by atoms with Crippen LogP contribution in [0.3, 0.4) is 0 Å². The third kappa shape index (κ3) is 3.41. The van der Waals surface area contributed by atoms with Crippen molar-refractivity contribution in [3.05, 3.63) is 47.5 Å². The number of anilines is 1. The summed E-state index contributed by atoms with van der Waals surface area (Å²) in [7, 11) is 1.77. The van der Waals surface area contributed by atoms with Crippen molar-refractivity contribution in [3.63, 3.8) is 0 Å². The third-order valence-electron chi connectivity index (χ3n) is 5.39. The first-order valence-corrected chi connectivity index (χ1v) is 9.49. The van der Waals surface area contributed by atoms with Crippen molar-refractivity contribution in [3.8, 4) is 5.69 Å². The molecule has 3 heterocycles. The number of rotatable bonds is 5. The lowest BCUT2D eigenvalue weighted by molar-refractivity contribution is -0.133. The summed E-state index contributed by atoms with van der Waals surface area (Å²) >= 11 is 0. The van der Waals surface area contributed by atoms with Gasteiger partial charge < -0.3 is 10.6 Å². The van der Waals surface area contributed by atoms with Gasteiger partial charge in [0.05, 0.1) is 22.8 Å². The van der Waals surface area contributed by atoms with Gasteiger partial charge in [-0.15, -0.1) is 5.10 Å². The maximum Gasteiger partial charge on any atom is 0.325 e. The minimum Gasteiger partial charge on any atom is -0.321 e. The van der Waals surface area contributed by atoms with Gasteiger partial charge >= 0.3 is 6.03 Å². The Morgan fingerprint density at radius 2 is 2.03 bits per heavy atom. The zero-order chi connectivity index (χ0) is 22.3. The van der Waals surface area contributed by atoms with Crippen molar-refractivity contribution >= 4 is 23.5 Å². The zero-order valence-electron chi connectivity index (χ0n) is 17.4. The molecule has 1 atom stereocenters. The molecule has 1 aromatic carbocycles. The standard InChI is InChI=1S/C19H21N9O3/c1-11-16(12(2)26(4)23-11)21-15(29)9-27-17(30)19(3,22-18(27)31)13-6-5-7-14(8-13)28-10-20-24-25-28/h5-8,10H,9H2,1-4H3,(H,21,29)(H,22,31)/t19-/m1/s1. The number of nitrogens with one attached hydrogen (secondary N) is 2. The van der Waals surface area contributed by atoms with E-state index in [1.807, 2.05) is 6.92 Å². The molecule has 2 aromatic heterocycles. The van der Waals surface area contributed by atoms with Crippen LogP contribution in [0.5, 0.6) is 0 Å². The molecule has 1 aliphatic rings. The van der Waals surface area contributed by atoms with Gasteiger partial charge in [0.1, 0.15) is 18.4 Å². The number of nitrogens with zero attached hydrogens (tertiary/aromatic N) is 7. The van der Waals surface area contributed by atoms with E-state index in [9.17, 15) is 14.4 Å². The van der Waals surface area contributed by atoms with E-state index in [0.29, 0.717) is 22.6 Å². The van der Waals surface area contributed by atoms with E-state index < -0.39 is 29.9 Å². The molecule has 12 heteroatoms. The topological polar surface area (TPSA) is 140 Å². The van der Waals surface area contributed by atoms with E-state index in [1.165, 1.54) is 11.0 Å². The largest absolute Gasteiger partial charge is 0.325 e. The van der Waals surface area contributed by atoms with Gasteiger partial charge in [-0.3, -0.25) is 19.2 Å². The van der Waals surface area contributed by atoms with Crippen LogP contribution in [0.25, 0.3) is 5.69 Å². The molecule has 160 valence electrons. The van der Waals surface area contributed by atoms with Crippen LogP contribution in [0.2, 0.25) is 0 Å². The molecule has 12 nitrogen and oxygen atoms in total. The van der Waals surface area contributed by atoms with Crippen molar-refractivity contribution in [2.24, 2.45) is 7.05 Å². The number of aryl methyl sites for hydroxylation is 2. The number of amides is 4. The smallest absolute Gasteiger partial charge is 0.321 e. The Labute approximate surface area is 177 Å². The molecule has 2 N–H and O–H groups in total. The first kappa shape index (κ1) is 20.2. The molecule has 4 amide bonds. The van der Waals surface area contributed by atoms with Crippen molar-refractivity contribution < 1.29 is 14.4 Å². The lowest BCUT2D eigenvalue weighted by Crippen LogP contribution is -2.42. The molecule has 0 unspecified atom stereocenters. The normalized spacial score (nSPS) is 18.4. The van der Waals surface area contributed by atoms with Crippen LogP contribution < -0.4 is 10.6 Å². The number of imide groups is 1. The molecule has 1 aliphatic heterocycles. The second-order valence-corrected chi connectivity index (χ2v) is 7.47. The average Bonchev–Trinajstić information content (AvgIpc) is 3.41. The zero-order valence-corrected chi connectivity index (χ0v) is 17.4. The third-order valence-corrected chi connectivity index (χ3v) is 5.39. The predicted molar refractivity (Wildman–Crippen MR) is 108 cm³/mol. The number of urea groups is 1. The number of carbonyl (C=O) groups is 3. The van der Waals surface area contributed by atoms with Gasteiger partial charge in [0, 0.05) is 7.05 Å². The quantitative estimate of drug-likeness (QED) is 0.567. The van der Waals surface area contributed by atoms with Crippen LogP contribution in [-0.2, 0) is 22.2 Å². The predicted octanol–water partition coefficient (Wildman–Crippen LogP) is 0.418. The van der Waals surface area contributed by atoms with E-state index in [0.717, 1.165) is 10.6 Å². The van der Waals surface area contributed by atoms with E-state index in [4.69, 9.17) is 0 Å². The maximum absolute atomic E-state index is 13.2. The minimum atomic E-state index is -1.33. The van der Waals surface area contributed by atoms with Crippen molar-refractivity contribution in [2.75, 3.05) is 11.9 Å². The molecule has 1 fully saturated rings. The summed E-state index contributed by atoms with van der Waals surface area (Å²) in [4.78, 5) is 39.2. The Morgan fingerprint density at radius 1 is 1.26 bits per heavy atom. The molecule has 0 spiro atoms. The number of carbonyl (C=O) groups excluding carboxylic acids is 3. The first-order chi connectivity index (χ1) is 14.7. The van der Waals surface area contributed by atoms with Crippen LogP contribution in [0.15, 0.2) is 30.6 Å². The summed E-state index contributed by atoms with van der Waals surface area (Å²) in [5.41, 5.74) is 1.82. The van der Waals surface area contributed by atoms with Gasteiger partial charge in [-0.2, -0.15) is 5.10 Å². The molecule has 3 aromatic rings. The van der Waals surface area contributed by atoms with Gasteiger partial charge in [-0.05, 0) is 48.9 Å². The van der Waals surface area contributed by atoms with Gasteiger partial charge in [-0.25, -0.2) is 9.48 Å². The van der Waals surface area contributed by atoms with Crippen molar-refractivity contribution in [1.29, 1.82) is 0 Å². The summed E-state index contributed by atoms with van der Waals surface area (Å²) in [5, 5.41) is 20.7. The fourth-order valence-electron chi connectivity index (χ4n) is 3.55. The fraction of sp³-hybridized carbons (Fsp3) is 0.316. The van der Waals surface area contributed by atoms with Crippen LogP contribution in [0.4, 0.5) is 10.5 Å². The van der Waals surface area contributed by atoms with E-state index in [2.05, 4.69) is 31.3 Å². The Morgan fingerprint density at radius 3 is 2.68 bits per heavy atom. The summed E-state index contributed by atoms with van der Waals surface area (Å²) in [6, 6.07) is 6.29. The summed E-state index contributed by atoms with van der Waals surface area (Å²) in [6.45, 7) is 4.77. The fourth-order valence-corrected chi connectivity index (χ4v) is 3.55. The Balaban J connectivity index is 1.55. The first-order valence-electron chi connectivity index (χ1n) is 9.49. The highest BCUT2D eigenvalue weighted by Crippen LogP contribution is 2.30. The van der Waals surface area contributed by atoms with Crippen LogP contribution in [0.1, 0.15) is 23.9 Å². The second-order valence-electron chi connectivity index (χ2n) is 7.47. The Hall–Kier alpha value is -4.09. The van der Waals surface area contributed by atoms with Crippen molar-refractivity contribution in [1.82, 2.24) is 40.2 Å².